The lowest BCUT2D eigenvalue weighted by Crippen LogP contribution is -2.19. The fourth-order valence-corrected chi connectivity index (χ4v) is 3.16. The van der Waals surface area contributed by atoms with Crippen LogP contribution in [0.4, 0.5) is 4.39 Å². The summed E-state index contributed by atoms with van der Waals surface area (Å²) in [5.41, 5.74) is 3.84. The van der Waals surface area contributed by atoms with E-state index < -0.39 is 0 Å². The second-order valence-electron chi connectivity index (χ2n) is 4.43. The van der Waals surface area contributed by atoms with Gasteiger partial charge in [0.1, 0.15) is 11.6 Å². The molecular formula is C15H11BrFIN2O2. The highest BCUT2D eigenvalue weighted by molar-refractivity contribution is 14.1. The van der Waals surface area contributed by atoms with Crippen LogP contribution < -0.4 is 5.43 Å². The highest BCUT2D eigenvalue weighted by Gasteiger charge is 2.05. The van der Waals surface area contributed by atoms with Gasteiger partial charge in [-0.05, 0) is 73.9 Å². The number of hydrogen-bond donors (Lipinski definition) is 2. The number of benzene rings is 2. The molecular weight excluding hydrogens is 466 g/mol. The lowest BCUT2D eigenvalue weighted by molar-refractivity contribution is -0.120. The zero-order valence-electron chi connectivity index (χ0n) is 11.2. The van der Waals surface area contributed by atoms with E-state index in [-0.39, 0.29) is 23.9 Å². The molecule has 2 aromatic carbocycles. The lowest BCUT2D eigenvalue weighted by atomic mass is 10.1. The zero-order chi connectivity index (χ0) is 16.1. The number of halogens is 3. The third-order valence-electron chi connectivity index (χ3n) is 2.72. The van der Waals surface area contributed by atoms with Crippen molar-refractivity contribution in [2.45, 2.75) is 6.42 Å². The summed E-state index contributed by atoms with van der Waals surface area (Å²) in [6, 6.07) is 9.14. The summed E-state index contributed by atoms with van der Waals surface area (Å²) in [6.07, 6.45) is 1.60. The normalized spacial score (nSPS) is 10.9. The average Bonchev–Trinajstić information content (AvgIpc) is 2.47. The number of phenolic OH excluding ortho intramolecular Hbond substituents is 1. The molecule has 0 atom stereocenters. The van der Waals surface area contributed by atoms with Gasteiger partial charge in [0.25, 0.3) is 0 Å². The smallest absolute Gasteiger partial charge is 0.244 e. The first-order valence-corrected chi connectivity index (χ1v) is 8.07. The molecule has 0 aliphatic carbocycles. The van der Waals surface area contributed by atoms with E-state index in [9.17, 15) is 14.3 Å². The van der Waals surface area contributed by atoms with Crippen molar-refractivity contribution in [2.24, 2.45) is 5.10 Å². The molecule has 0 unspecified atom stereocenters. The minimum Gasteiger partial charge on any atom is -0.506 e. The van der Waals surface area contributed by atoms with Gasteiger partial charge >= 0.3 is 0 Å². The third kappa shape index (κ3) is 4.77. The van der Waals surface area contributed by atoms with E-state index in [0.717, 1.165) is 5.56 Å². The van der Waals surface area contributed by atoms with Gasteiger partial charge in [0.05, 0.1) is 20.7 Å². The molecule has 0 spiro atoms. The van der Waals surface area contributed by atoms with Crippen LogP contribution in [0.2, 0.25) is 0 Å². The number of phenols is 1. The Morgan fingerprint density at radius 3 is 2.68 bits per heavy atom. The number of aromatic hydroxyl groups is 1. The van der Waals surface area contributed by atoms with Crippen molar-refractivity contribution >= 4 is 50.6 Å². The third-order valence-corrected chi connectivity index (χ3v) is 4.15. The standard InChI is InChI=1S/C15H11BrFIN2O2/c16-12-5-10(6-13(18)15(12)22)8-19-20-14(21)7-9-1-3-11(17)4-2-9/h1-6,8,22H,7H2,(H,20,21)/b19-8+. The quantitative estimate of drug-likeness (QED) is 0.402. The van der Waals surface area contributed by atoms with E-state index in [1.807, 2.05) is 22.6 Å². The number of carbonyl (C=O) groups excluding carboxylic acids is 1. The fraction of sp³-hybridized carbons (Fsp3) is 0.0667. The molecule has 0 saturated carbocycles. The summed E-state index contributed by atoms with van der Waals surface area (Å²) in [7, 11) is 0. The summed E-state index contributed by atoms with van der Waals surface area (Å²) in [4.78, 5) is 11.7. The topological polar surface area (TPSA) is 61.7 Å². The van der Waals surface area contributed by atoms with Crippen LogP contribution in [-0.2, 0) is 11.2 Å². The van der Waals surface area contributed by atoms with E-state index >= 15 is 0 Å². The minimum atomic E-state index is -0.338. The fourth-order valence-electron chi connectivity index (χ4n) is 1.67. The van der Waals surface area contributed by atoms with Crippen LogP contribution in [-0.4, -0.2) is 17.2 Å². The largest absolute Gasteiger partial charge is 0.506 e. The summed E-state index contributed by atoms with van der Waals surface area (Å²) in [5, 5.41) is 13.5. The van der Waals surface area contributed by atoms with Crippen molar-refractivity contribution in [3.8, 4) is 5.75 Å². The Kier molecular flexibility index (Phi) is 5.90. The number of nitrogens with one attached hydrogen (secondary N) is 1. The second kappa shape index (κ2) is 7.68. The van der Waals surface area contributed by atoms with Gasteiger partial charge in [-0.25, -0.2) is 9.82 Å². The molecule has 0 radical (unpaired) electrons. The molecule has 0 heterocycles. The number of hydrazone groups is 1. The number of amides is 1. The molecule has 2 N–H and O–H groups in total. The predicted molar refractivity (Wildman–Crippen MR) is 94.4 cm³/mol. The summed E-state index contributed by atoms with van der Waals surface area (Å²) < 4.78 is 14.0. The number of carbonyl (C=O) groups is 1. The molecule has 2 rings (SSSR count). The van der Waals surface area contributed by atoms with Gasteiger partial charge in [-0.1, -0.05) is 12.1 Å². The Balaban J connectivity index is 1.94. The first-order chi connectivity index (χ1) is 10.5. The van der Waals surface area contributed by atoms with Gasteiger partial charge in [-0.15, -0.1) is 0 Å². The van der Waals surface area contributed by atoms with Crippen molar-refractivity contribution < 1.29 is 14.3 Å². The molecule has 22 heavy (non-hydrogen) atoms. The predicted octanol–water partition coefficient (Wildman–Crippen LogP) is 3.59. The van der Waals surface area contributed by atoms with Crippen molar-refractivity contribution in [3.63, 3.8) is 0 Å². The van der Waals surface area contributed by atoms with Crippen LogP contribution in [0.1, 0.15) is 11.1 Å². The van der Waals surface area contributed by atoms with Crippen LogP contribution in [0.5, 0.6) is 5.75 Å². The first-order valence-electron chi connectivity index (χ1n) is 6.20. The van der Waals surface area contributed by atoms with Crippen LogP contribution in [0.3, 0.4) is 0 Å². The Morgan fingerprint density at radius 1 is 1.36 bits per heavy atom. The molecule has 0 aliphatic rings. The maximum absolute atomic E-state index is 12.8. The molecule has 0 saturated heterocycles. The van der Waals surface area contributed by atoms with Crippen molar-refractivity contribution in [1.82, 2.24) is 5.43 Å². The Morgan fingerprint density at radius 2 is 2.05 bits per heavy atom. The number of rotatable bonds is 4. The number of hydrogen-bond acceptors (Lipinski definition) is 3. The molecule has 114 valence electrons. The SMILES string of the molecule is O=C(Cc1ccc(F)cc1)N/N=C/c1cc(Br)c(O)c(I)c1. The van der Waals surface area contributed by atoms with Crippen molar-refractivity contribution in [3.05, 3.63) is 61.4 Å². The maximum Gasteiger partial charge on any atom is 0.244 e. The Bertz CT molecular complexity index is 697. The molecule has 7 heteroatoms. The molecule has 2 aromatic rings. The van der Waals surface area contributed by atoms with Gasteiger partial charge < -0.3 is 5.11 Å². The van der Waals surface area contributed by atoms with Crippen molar-refractivity contribution in [2.75, 3.05) is 0 Å². The van der Waals surface area contributed by atoms with Gasteiger partial charge in [-0.3, -0.25) is 4.79 Å². The van der Waals surface area contributed by atoms with Crippen molar-refractivity contribution in [1.29, 1.82) is 0 Å². The highest BCUT2D eigenvalue weighted by Crippen LogP contribution is 2.29. The molecule has 0 aliphatic heterocycles. The second-order valence-corrected chi connectivity index (χ2v) is 6.45. The first kappa shape index (κ1) is 16.9. The monoisotopic (exact) mass is 476 g/mol. The van der Waals surface area contributed by atoms with Crippen LogP contribution >= 0.6 is 38.5 Å². The van der Waals surface area contributed by atoms with E-state index in [1.165, 1.54) is 18.3 Å². The van der Waals surface area contributed by atoms with Gasteiger partial charge in [0.2, 0.25) is 5.91 Å². The van der Waals surface area contributed by atoms with E-state index in [1.54, 1.807) is 24.3 Å². The van der Waals surface area contributed by atoms with Gasteiger partial charge in [-0.2, -0.15) is 5.10 Å². The summed E-state index contributed by atoms with van der Waals surface area (Å²) >= 11 is 5.23. The molecule has 1 amide bonds. The van der Waals surface area contributed by atoms with Crippen LogP contribution in [0, 0.1) is 9.39 Å². The molecule has 0 aromatic heterocycles. The van der Waals surface area contributed by atoms with Crippen LogP contribution in [0.25, 0.3) is 0 Å². The van der Waals surface area contributed by atoms with Gasteiger partial charge in [0.15, 0.2) is 0 Å². The van der Waals surface area contributed by atoms with E-state index in [2.05, 4.69) is 26.5 Å². The van der Waals surface area contributed by atoms with E-state index in [4.69, 9.17) is 0 Å². The summed E-state index contributed by atoms with van der Waals surface area (Å²) in [6.45, 7) is 0. The summed E-state index contributed by atoms with van der Waals surface area (Å²) in [5.74, 6) is -0.469. The molecule has 4 nitrogen and oxygen atoms in total. The zero-order valence-corrected chi connectivity index (χ0v) is 14.9. The van der Waals surface area contributed by atoms with Gasteiger partial charge in [0, 0.05) is 0 Å². The maximum atomic E-state index is 12.8. The Labute approximate surface area is 148 Å². The molecule has 0 bridgehead atoms. The number of nitrogens with zero attached hydrogens (tertiary/aromatic N) is 1. The lowest BCUT2D eigenvalue weighted by Gasteiger charge is -2.03. The minimum absolute atomic E-state index is 0.119. The van der Waals surface area contributed by atoms with Crippen LogP contribution in [0.15, 0.2) is 46.0 Å². The highest BCUT2D eigenvalue weighted by atomic mass is 127. The Hall–Kier alpha value is -1.48. The van der Waals surface area contributed by atoms with E-state index in [0.29, 0.717) is 13.6 Å². The average molecular weight is 477 g/mol. The molecule has 0 fully saturated rings.